The van der Waals surface area contributed by atoms with E-state index in [2.05, 4.69) is 10.1 Å². The van der Waals surface area contributed by atoms with E-state index in [1.807, 2.05) is 13.0 Å². The largest absolute Gasteiger partial charge is 0.491 e. The molecule has 5 nitrogen and oxygen atoms in total. The lowest BCUT2D eigenvalue weighted by atomic mass is 9.83. The first-order chi connectivity index (χ1) is 7.16. The lowest BCUT2D eigenvalue weighted by Crippen LogP contribution is -2.28. The Bertz CT molecular complexity index is 470. The van der Waals surface area contributed by atoms with E-state index in [1.165, 1.54) is 6.20 Å². The standard InChI is InChI=1S/C9H10BN3O2/c1-7-4-9(2-3-11-7)13-6-8(5-12-13)10(14)15/h2-6,14-15H,1H3. The van der Waals surface area contributed by atoms with Crippen LogP contribution >= 0.6 is 0 Å². The number of aryl methyl sites for hydroxylation is 1. The SMILES string of the molecule is Cc1cc(-n2cc(B(O)O)cn2)ccn1. The number of rotatable bonds is 2. The molecule has 0 saturated carbocycles. The topological polar surface area (TPSA) is 71.2 Å². The van der Waals surface area contributed by atoms with Crippen molar-refractivity contribution in [1.29, 1.82) is 0 Å². The fourth-order valence-corrected chi connectivity index (χ4v) is 1.28. The summed E-state index contributed by atoms with van der Waals surface area (Å²) in [5.41, 5.74) is 2.09. The van der Waals surface area contributed by atoms with E-state index < -0.39 is 7.12 Å². The van der Waals surface area contributed by atoms with E-state index in [0.29, 0.717) is 5.46 Å². The van der Waals surface area contributed by atoms with Crippen molar-refractivity contribution in [3.05, 3.63) is 36.4 Å². The predicted molar refractivity (Wildman–Crippen MR) is 55.9 cm³/mol. The Morgan fingerprint density at radius 1 is 1.40 bits per heavy atom. The highest BCUT2D eigenvalue weighted by molar-refractivity contribution is 6.58. The second kappa shape index (κ2) is 3.84. The van der Waals surface area contributed by atoms with Crippen LogP contribution in [0.4, 0.5) is 0 Å². The van der Waals surface area contributed by atoms with Crippen molar-refractivity contribution in [3.63, 3.8) is 0 Å². The quantitative estimate of drug-likeness (QED) is 0.630. The lowest BCUT2D eigenvalue weighted by molar-refractivity contribution is 0.426. The van der Waals surface area contributed by atoms with Gasteiger partial charge in [0.05, 0.1) is 5.69 Å². The van der Waals surface area contributed by atoms with Gasteiger partial charge in [-0.1, -0.05) is 0 Å². The average Bonchev–Trinajstić information content (AvgIpc) is 2.66. The Balaban J connectivity index is 2.37. The normalized spacial score (nSPS) is 10.3. The molecule has 0 unspecified atom stereocenters. The number of hydrogen-bond donors (Lipinski definition) is 2. The Morgan fingerprint density at radius 2 is 2.20 bits per heavy atom. The van der Waals surface area contributed by atoms with Crippen molar-refractivity contribution >= 4 is 12.6 Å². The van der Waals surface area contributed by atoms with E-state index in [1.54, 1.807) is 23.1 Å². The van der Waals surface area contributed by atoms with Crippen molar-refractivity contribution in [2.45, 2.75) is 6.92 Å². The summed E-state index contributed by atoms with van der Waals surface area (Å²) in [5, 5.41) is 21.9. The smallest absolute Gasteiger partial charge is 0.423 e. The molecule has 2 heterocycles. The third-order valence-electron chi connectivity index (χ3n) is 2.05. The Kier molecular flexibility index (Phi) is 2.53. The van der Waals surface area contributed by atoms with Crippen molar-refractivity contribution in [2.75, 3.05) is 0 Å². The number of aromatic nitrogens is 3. The third-order valence-corrected chi connectivity index (χ3v) is 2.05. The van der Waals surface area contributed by atoms with Gasteiger partial charge in [0, 0.05) is 29.7 Å². The molecule has 0 bridgehead atoms. The summed E-state index contributed by atoms with van der Waals surface area (Å²) in [5.74, 6) is 0. The van der Waals surface area contributed by atoms with Gasteiger partial charge in [-0.3, -0.25) is 4.98 Å². The van der Waals surface area contributed by atoms with Crippen LogP contribution < -0.4 is 5.46 Å². The molecule has 76 valence electrons. The fraction of sp³-hybridized carbons (Fsp3) is 0.111. The minimum absolute atomic E-state index is 0.365. The molecule has 2 aromatic rings. The van der Waals surface area contributed by atoms with E-state index in [0.717, 1.165) is 11.4 Å². The van der Waals surface area contributed by atoms with Crippen molar-refractivity contribution in [1.82, 2.24) is 14.8 Å². The number of pyridine rings is 1. The molecule has 0 saturated heterocycles. The zero-order valence-electron chi connectivity index (χ0n) is 8.20. The van der Waals surface area contributed by atoms with Crippen LogP contribution in [0.1, 0.15) is 5.69 Å². The second-order valence-corrected chi connectivity index (χ2v) is 3.25. The molecular formula is C9H10BN3O2. The monoisotopic (exact) mass is 203 g/mol. The highest BCUT2D eigenvalue weighted by atomic mass is 16.4. The van der Waals surface area contributed by atoms with Crippen LogP contribution in [0.25, 0.3) is 5.69 Å². The Morgan fingerprint density at radius 3 is 2.80 bits per heavy atom. The average molecular weight is 203 g/mol. The summed E-state index contributed by atoms with van der Waals surface area (Å²) < 4.78 is 1.57. The van der Waals surface area contributed by atoms with Gasteiger partial charge in [0.25, 0.3) is 0 Å². The van der Waals surface area contributed by atoms with Gasteiger partial charge in [0.15, 0.2) is 0 Å². The van der Waals surface area contributed by atoms with Crippen LogP contribution in [0.3, 0.4) is 0 Å². The molecule has 0 amide bonds. The van der Waals surface area contributed by atoms with Crippen LogP contribution in [-0.2, 0) is 0 Å². The van der Waals surface area contributed by atoms with E-state index in [4.69, 9.17) is 10.0 Å². The van der Waals surface area contributed by atoms with Gasteiger partial charge in [0.2, 0.25) is 0 Å². The highest BCUT2D eigenvalue weighted by Crippen LogP contribution is 2.05. The third kappa shape index (κ3) is 2.06. The molecule has 0 spiro atoms. The van der Waals surface area contributed by atoms with Gasteiger partial charge in [-0.05, 0) is 19.1 Å². The molecule has 0 aromatic carbocycles. The molecule has 0 radical (unpaired) electrons. The molecule has 0 fully saturated rings. The number of nitrogens with zero attached hydrogens (tertiary/aromatic N) is 3. The van der Waals surface area contributed by atoms with Gasteiger partial charge in [-0.15, -0.1) is 0 Å². The van der Waals surface area contributed by atoms with Crippen LogP contribution in [0.15, 0.2) is 30.7 Å². The molecule has 6 heteroatoms. The maximum absolute atomic E-state index is 8.93. The van der Waals surface area contributed by atoms with Crippen LogP contribution in [0.2, 0.25) is 0 Å². The summed E-state index contributed by atoms with van der Waals surface area (Å²) in [6, 6.07) is 3.66. The summed E-state index contributed by atoms with van der Waals surface area (Å²) in [4.78, 5) is 4.07. The summed E-state index contributed by atoms with van der Waals surface area (Å²) in [6.07, 6.45) is 4.67. The maximum atomic E-state index is 8.93. The first-order valence-corrected chi connectivity index (χ1v) is 4.50. The second-order valence-electron chi connectivity index (χ2n) is 3.25. The van der Waals surface area contributed by atoms with Gasteiger partial charge < -0.3 is 10.0 Å². The Labute approximate surface area is 87.2 Å². The first-order valence-electron chi connectivity index (χ1n) is 4.50. The summed E-state index contributed by atoms with van der Waals surface area (Å²) >= 11 is 0. The minimum Gasteiger partial charge on any atom is -0.423 e. The first kappa shape index (κ1) is 9.88. The van der Waals surface area contributed by atoms with Crippen LogP contribution in [0.5, 0.6) is 0 Å². The molecule has 2 aromatic heterocycles. The van der Waals surface area contributed by atoms with Crippen LogP contribution in [0, 0.1) is 6.92 Å². The van der Waals surface area contributed by atoms with E-state index in [9.17, 15) is 0 Å². The maximum Gasteiger partial charge on any atom is 0.491 e. The Hall–Kier alpha value is -1.66. The van der Waals surface area contributed by atoms with E-state index in [-0.39, 0.29) is 0 Å². The molecule has 0 aliphatic heterocycles. The van der Waals surface area contributed by atoms with Gasteiger partial charge in [-0.25, -0.2) is 4.68 Å². The van der Waals surface area contributed by atoms with Crippen molar-refractivity contribution in [3.8, 4) is 5.69 Å². The zero-order chi connectivity index (χ0) is 10.8. The molecule has 0 aliphatic rings. The molecule has 15 heavy (non-hydrogen) atoms. The lowest BCUT2D eigenvalue weighted by Gasteiger charge is -2.00. The summed E-state index contributed by atoms with van der Waals surface area (Å²) in [6.45, 7) is 1.88. The minimum atomic E-state index is -1.48. The van der Waals surface area contributed by atoms with Gasteiger partial charge >= 0.3 is 7.12 Å². The fourth-order valence-electron chi connectivity index (χ4n) is 1.28. The molecule has 0 atom stereocenters. The molecule has 2 N–H and O–H groups in total. The zero-order valence-corrected chi connectivity index (χ0v) is 8.20. The van der Waals surface area contributed by atoms with Crippen molar-refractivity contribution in [2.24, 2.45) is 0 Å². The highest BCUT2D eigenvalue weighted by Gasteiger charge is 2.13. The van der Waals surface area contributed by atoms with E-state index >= 15 is 0 Å². The number of hydrogen-bond acceptors (Lipinski definition) is 4. The predicted octanol–water partition coefficient (Wildman–Crippen LogP) is -0.744. The van der Waals surface area contributed by atoms with Crippen LogP contribution in [-0.4, -0.2) is 31.9 Å². The molecule has 2 rings (SSSR count). The molecule has 0 aliphatic carbocycles. The molecular weight excluding hydrogens is 193 g/mol. The van der Waals surface area contributed by atoms with Crippen molar-refractivity contribution < 1.29 is 10.0 Å². The van der Waals surface area contributed by atoms with Gasteiger partial charge in [-0.2, -0.15) is 5.10 Å². The summed E-state index contributed by atoms with van der Waals surface area (Å²) in [7, 11) is -1.48. The van der Waals surface area contributed by atoms with Gasteiger partial charge in [0.1, 0.15) is 0 Å².